The molecule has 1 fully saturated rings. The highest BCUT2D eigenvalue weighted by Crippen LogP contribution is 2.17. The summed E-state index contributed by atoms with van der Waals surface area (Å²) >= 11 is 0. The Morgan fingerprint density at radius 2 is 2.09 bits per heavy atom. The van der Waals surface area contributed by atoms with E-state index in [4.69, 9.17) is 10.5 Å². The molecule has 2 atom stereocenters. The zero-order chi connectivity index (χ0) is 16.8. The fourth-order valence-corrected chi connectivity index (χ4v) is 2.82. The van der Waals surface area contributed by atoms with E-state index < -0.39 is 6.04 Å². The van der Waals surface area contributed by atoms with Gasteiger partial charge < -0.3 is 20.3 Å². The number of likely N-dealkylation sites (tertiary alicyclic amines) is 1. The van der Waals surface area contributed by atoms with Crippen molar-refractivity contribution in [3.05, 3.63) is 35.9 Å². The van der Waals surface area contributed by atoms with Gasteiger partial charge in [-0.05, 0) is 25.8 Å². The van der Waals surface area contributed by atoms with Crippen LogP contribution in [0.1, 0.15) is 25.8 Å². The highest BCUT2D eigenvalue weighted by atomic mass is 16.6. The highest BCUT2D eigenvalue weighted by Gasteiger charge is 2.33. The van der Waals surface area contributed by atoms with E-state index in [-0.39, 0.29) is 24.6 Å². The number of carbonyl (C=O) groups is 2. The summed E-state index contributed by atoms with van der Waals surface area (Å²) in [6.07, 6.45) is 0.420. The summed E-state index contributed by atoms with van der Waals surface area (Å²) in [4.78, 5) is 27.7. The molecule has 1 aliphatic rings. The van der Waals surface area contributed by atoms with Crippen LogP contribution in [0, 0.1) is 0 Å². The Hall–Kier alpha value is -2.08. The zero-order valence-electron chi connectivity index (χ0n) is 13.8. The SMILES string of the molecule is CCN(C(=O)OCc1ccccc1)C1CCN(C(=O)C(C)N)C1. The Morgan fingerprint density at radius 1 is 1.39 bits per heavy atom. The lowest BCUT2D eigenvalue weighted by molar-refractivity contribution is -0.131. The Kier molecular flexibility index (Phi) is 5.98. The predicted molar refractivity (Wildman–Crippen MR) is 87.6 cm³/mol. The second-order valence-corrected chi connectivity index (χ2v) is 5.84. The van der Waals surface area contributed by atoms with E-state index in [1.54, 1.807) is 16.7 Å². The third-order valence-corrected chi connectivity index (χ3v) is 4.09. The lowest BCUT2D eigenvalue weighted by Gasteiger charge is -2.27. The lowest BCUT2D eigenvalue weighted by atomic mass is 10.2. The van der Waals surface area contributed by atoms with Crippen LogP contribution in [0.4, 0.5) is 4.79 Å². The van der Waals surface area contributed by atoms with Gasteiger partial charge in [0.25, 0.3) is 0 Å². The summed E-state index contributed by atoms with van der Waals surface area (Å²) < 4.78 is 5.40. The Morgan fingerprint density at radius 3 is 2.70 bits per heavy atom. The number of carbonyl (C=O) groups excluding carboxylic acids is 2. The van der Waals surface area contributed by atoms with Crippen molar-refractivity contribution in [1.29, 1.82) is 0 Å². The molecule has 6 heteroatoms. The third-order valence-electron chi connectivity index (χ3n) is 4.09. The largest absolute Gasteiger partial charge is 0.445 e. The number of ether oxygens (including phenoxy) is 1. The van der Waals surface area contributed by atoms with Crippen LogP contribution in [-0.2, 0) is 16.1 Å². The number of benzene rings is 1. The maximum absolute atomic E-state index is 12.3. The molecule has 2 rings (SSSR count). The number of amides is 2. The molecule has 0 radical (unpaired) electrons. The van der Waals surface area contributed by atoms with Gasteiger partial charge >= 0.3 is 6.09 Å². The molecular formula is C17H25N3O3. The van der Waals surface area contributed by atoms with E-state index in [0.29, 0.717) is 19.6 Å². The lowest BCUT2D eigenvalue weighted by Crippen LogP contribution is -2.45. The van der Waals surface area contributed by atoms with Gasteiger partial charge in [-0.2, -0.15) is 0 Å². The molecule has 0 bridgehead atoms. The molecule has 0 aliphatic carbocycles. The van der Waals surface area contributed by atoms with Gasteiger partial charge in [0.1, 0.15) is 6.61 Å². The number of nitrogens with two attached hydrogens (primary N) is 1. The molecule has 23 heavy (non-hydrogen) atoms. The van der Waals surface area contributed by atoms with E-state index in [0.717, 1.165) is 12.0 Å². The van der Waals surface area contributed by atoms with E-state index in [9.17, 15) is 9.59 Å². The number of hydrogen-bond acceptors (Lipinski definition) is 4. The van der Waals surface area contributed by atoms with Gasteiger partial charge in [0, 0.05) is 19.6 Å². The molecule has 0 aromatic heterocycles. The summed E-state index contributed by atoms with van der Waals surface area (Å²) in [5.74, 6) is -0.0683. The minimum atomic E-state index is -0.506. The molecule has 0 spiro atoms. The van der Waals surface area contributed by atoms with Crippen LogP contribution in [-0.4, -0.2) is 53.5 Å². The van der Waals surface area contributed by atoms with Gasteiger partial charge in [0.05, 0.1) is 12.1 Å². The minimum absolute atomic E-state index is 0.00836. The topological polar surface area (TPSA) is 75.9 Å². The van der Waals surface area contributed by atoms with E-state index in [1.807, 2.05) is 37.3 Å². The first-order valence-electron chi connectivity index (χ1n) is 8.04. The minimum Gasteiger partial charge on any atom is -0.445 e. The monoisotopic (exact) mass is 319 g/mol. The second-order valence-electron chi connectivity index (χ2n) is 5.84. The first-order valence-corrected chi connectivity index (χ1v) is 8.04. The van der Waals surface area contributed by atoms with E-state index in [1.165, 1.54) is 0 Å². The van der Waals surface area contributed by atoms with Crippen molar-refractivity contribution in [3.63, 3.8) is 0 Å². The van der Waals surface area contributed by atoms with Crippen molar-refractivity contribution in [2.75, 3.05) is 19.6 Å². The van der Waals surface area contributed by atoms with Crippen molar-refractivity contribution < 1.29 is 14.3 Å². The molecule has 2 unspecified atom stereocenters. The molecule has 1 aromatic rings. The van der Waals surface area contributed by atoms with Crippen LogP contribution in [0.2, 0.25) is 0 Å². The molecule has 1 saturated heterocycles. The summed E-state index contributed by atoms with van der Waals surface area (Å²) in [7, 11) is 0. The molecule has 1 heterocycles. The Bertz CT molecular complexity index is 533. The Balaban J connectivity index is 1.89. The van der Waals surface area contributed by atoms with Gasteiger partial charge in [-0.25, -0.2) is 4.79 Å². The Labute approximate surface area is 137 Å². The number of nitrogens with zero attached hydrogens (tertiary/aromatic N) is 2. The normalized spacial score (nSPS) is 18.6. The molecule has 2 amide bonds. The quantitative estimate of drug-likeness (QED) is 0.894. The number of hydrogen-bond donors (Lipinski definition) is 1. The molecule has 1 aliphatic heterocycles. The standard InChI is InChI=1S/C17H25N3O3/c1-3-20(15-9-10-19(11-15)16(21)13(2)18)17(22)23-12-14-7-5-4-6-8-14/h4-8,13,15H,3,9-12,18H2,1-2H3. The average Bonchev–Trinajstić information content (AvgIpc) is 3.03. The van der Waals surface area contributed by atoms with Crippen molar-refractivity contribution in [1.82, 2.24) is 9.80 Å². The van der Waals surface area contributed by atoms with Crippen molar-refractivity contribution in [2.24, 2.45) is 5.73 Å². The molecule has 2 N–H and O–H groups in total. The number of likely N-dealkylation sites (N-methyl/N-ethyl adjacent to an activating group) is 1. The molecular weight excluding hydrogens is 294 g/mol. The fraction of sp³-hybridized carbons (Fsp3) is 0.529. The summed E-state index contributed by atoms with van der Waals surface area (Å²) in [6.45, 7) is 5.56. The van der Waals surface area contributed by atoms with Gasteiger partial charge in [0.15, 0.2) is 0 Å². The van der Waals surface area contributed by atoms with Crippen LogP contribution in [0.5, 0.6) is 0 Å². The first kappa shape index (κ1) is 17.3. The van der Waals surface area contributed by atoms with Crippen molar-refractivity contribution in [2.45, 2.75) is 39.0 Å². The maximum atomic E-state index is 12.3. The smallest absolute Gasteiger partial charge is 0.410 e. The molecule has 0 saturated carbocycles. The molecule has 126 valence electrons. The predicted octanol–water partition coefficient (Wildman–Crippen LogP) is 1.59. The second kappa shape index (κ2) is 7.97. The van der Waals surface area contributed by atoms with Gasteiger partial charge in [0.2, 0.25) is 5.91 Å². The zero-order valence-corrected chi connectivity index (χ0v) is 13.8. The number of rotatable bonds is 5. The summed E-state index contributed by atoms with van der Waals surface area (Å²) in [6, 6.07) is 9.07. The molecule has 6 nitrogen and oxygen atoms in total. The van der Waals surface area contributed by atoms with Crippen molar-refractivity contribution in [3.8, 4) is 0 Å². The van der Waals surface area contributed by atoms with E-state index in [2.05, 4.69) is 0 Å². The van der Waals surface area contributed by atoms with Crippen LogP contribution in [0.25, 0.3) is 0 Å². The van der Waals surface area contributed by atoms with Crippen molar-refractivity contribution >= 4 is 12.0 Å². The van der Waals surface area contributed by atoms with Gasteiger partial charge in [-0.1, -0.05) is 30.3 Å². The van der Waals surface area contributed by atoms with Crippen LogP contribution >= 0.6 is 0 Å². The van der Waals surface area contributed by atoms with Crippen LogP contribution in [0.3, 0.4) is 0 Å². The summed E-state index contributed by atoms with van der Waals surface area (Å²) in [5, 5.41) is 0. The highest BCUT2D eigenvalue weighted by molar-refractivity contribution is 5.81. The molecule has 1 aromatic carbocycles. The average molecular weight is 319 g/mol. The third kappa shape index (κ3) is 4.45. The van der Waals surface area contributed by atoms with Gasteiger partial charge in [-0.3, -0.25) is 4.79 Å². The van der Waals surface area contributed by atoms with Crippen LogP contribution in [0.15, 0.2) is 30.3 Å². The van der Waals surface area contributed by atoms with Gasteiger partial charge in [-0.15, -0.1) is 0 Å². The van der Waals surface area contributed by atoms with E-state index >= 15 is 0 Å². The first-order chi connectivity index (χ1) is 11.0. The fourth-order valence-electron chi connectivity index (χ4n) is 2.82. The van der Waals surface area contributed by atoms with Crippen LogP contribution < -0.4 is 5.73 Å². The maximum Gasteiger partial charge on any atom is 0.410 e. The summed E-state index contributed by atoms with van der Waals surface area (Å²) in [5.41, 5.74) is 6.60.